The number of carbonyl (C=O) groups excluding carboxylic acids is 1. The lowest BCUT2D eigenvalue weighted by atomic mass is 10.2. The van der Waals surface area contributed by atoms with E-state index < -0.39 is 0 Å². The second-order valence-electron chi connectivity index (χ2n) is 3.04. The fourth-order valence-electron chi connectivity index (χ4n) is 1.32. The number of benzene rings is 1. The van der Waals surface area contributed by atoms with E-state index in [1.54, 1.807) is 12.1 Å². The van der Waals surface area contributed by atoms with E-state index in [1.165, 1.54) is 0 Å². The summed E-state index contributed by atoms with van der Waals surface area (Å²) in [5, 5.41) is 6.76. The number of anilines is 2. The van der Waals surface area contributed by atoms with Gasteiger partial charge in [-0.3, -0.25) is 4.79 Å². The van der Waals surface area contributed by atoms with E-state index in [9.17, 15) is 4.79 Å². The number of halogens is 2. The monoisotopic (exact) mass is 230 g/mol. The molecule has 0 atom stereocenters. The van der Waals surface area contributed by atoms with Crippen LogP contribution in [0.5, 0.6) is 0 Å². The molecule has 3 nitrogen and oxygen atoms in total. The largest absolute Gasteiger partial charge is 0.383 e. The van der Waals surface area contributed by atoms with Crippen molar-refractivity contribution in [1.82, 2.24) is 0 Å². The molecule has 1 aromatic carbocycles. The molecular weight excluding hydrogens is 223 g/mol. The van der Waals surface area contributed by atoms with Crippen LogP contribution in [0.1, 0.15) is 6.42 Å². The van der Waals surface area contributed by atoms with Gasteiger partial charge in [0.05, 0.1) is 21.4 Å². The molecule has 2 rings (SSSR count). The van der Waals surface area contributed by atoms with Crippen molar-refractivity contribution in [1.29, 1.82) is 0 Å². The Balaban J connectivity index is 2.46. The summed E-state index contributed by atoms with van der Waals surface area (Å²) >= 11 is 11.7. The Labute approximate surface area is 91.4 Å². The molecule has 1 aliphatic heterocycles. The van der Waals surface area contributed by atoms with Crippen molar-refractivity contribution in [2.24, 2.45) is 0 Å². The molecule has 0 unspecified atom stereocenters. The summed E-state index contributed by atoms with van der Waals surface area (Å²) in [4.78, 5) is 11.2. The summed E-state index contributed by atoms with van der Waals surface area (Å²) in [6.45, 7) is 0.608. The predicted octanol–water partition coefficient (Wildman–Crippen LogP) is 2.75. The van der Waals surface area contributed by atoms with Crippen molar-refractivity contribution < 1.29 is 4.79 Å². The maximum absolute atomic E-state index is 11.2. The lowest BCUT2D eigenvalue weighted by Gasteiger charge is -2.08. The van der Waals surface area contributed by atoms with Crippen LogP contribution in [0.2, 0.25) is 10.0 Å². The van der Waals surface area contributed by atoms with Gasteiger partial charge in [0.15, 0.2) is 0 Å². The van der Waals surface area contributed by atoms with Gasteiger partial charge in [-0.05, 0) is 12.1 Å². The van der Waals surface area contributed by atoms with E-state index in [2.05, 4.69) is 10.6 Å². The number of hydrogen-bond donors (Lipinski definition) is 2. The van der Waals surface area contributed by atoms with Crippen molar-refractivity contribution in [2.45, 2.75) is 6.42 Å². The molecule has 5 heteroatoms. The average molecular weight is 231 g/mol. The zero-order chi connectivity index (χ0) is 10.1. The molecule has 1 amide bonds. The van der Waals surface area contributed by atoms with Crippen molar-refractivity contribution in [3.63, 3.8) is 0 Å². The Morgan fingerprint density at radius 3 is 2.50 bits per heavy atom. The van der Waals surface area contributed by atoms with E-state index in [1.807, 2.05) is 0 Å². The summed E-state index contributed by atoms with van der Waals surface area (Å²) in [5.41, 5.74) is 1.49. The van der Waals surface area contributed by atoms with Gasteiger partial charge < -0.3 is 10.6 Å². The molecule has 2 N–H and O–H groups in total. The summed E-state index contributed by atoms with van der Waals surface area (Å²) < 4.78 is 0. The quantitative estimate of drug-likeness (QED) is 0.720. The van der Waals surface area contributed by atoms with Crippen molar-refractivity contribution in [3.8, 4) is 0 Å². The van der Waals surface area contributed by atoms with Crippen LogP contribution in [-0.4, -0.2) is 12.5 Å². The third kappa shape index (κ3) is 1.79. The first-order valence-corrected chi connectivity index (χ1v) is 4.95. The summed E-state index contributed by atoms with van der Waals surface area (Å²) in [6.07, 6.45) is 0.448. The molecule has 1 aromatic rings. The second kappa shape index (κ2) is 3.67. The maximum atomic E-state index is 11.2. The number of amides is 1. The molecule has 0 radical (unpaired) electrons. The third-order valence-corrected chi connectivity index (χ3v) is 2.72. The number of fused-ring (bicyclic) bond motifs is 1. The standard InChI is InChI=1S/C9H8Cl2N2O/c10-5-3-7-8(4-6(5)11)13-9(14)1-2-12-7/h3-4,12H,1-2H2,(H,13,14). The zero-order valence-electron chi connectivity index (χ0n) is 7.23. The fourth-order valence-corrected chi connectivity index (χ4v) is 1.65. The molecule has 1 heterocycles. The summed E-state index contributed by atoms with van der Waals surface area (Å²) in [7, 11) is 0. The highest BCUT2D eigenvalue weighted by molar-refractivity contribution is 6.42. The van der Waals surface area contributed by atoms with Crippen molar-refractivity contribution in [2.75, 3.05) is 17.2 Å². The van der Waals surface area contributed by atoms with Gasteiger partial charge in [-0.15, -0.1) is 0 Å². The van der Waals surface area contributed by atoms with Gasteiger partial charge in [-0.2, -0.15) is 0 Å². The van der Waals surface area contributed by atoms with Crippen LogP contribution in [0, 0.1) is 0 Å². The molecular formula is C9H8Cl2N2O. The summed E-state index contributed by atoms with van der Waals surface area (Å²) in [5.74, 6) is -0.0189. The molecule has 0 saturated carbocycles. The van der Waals surface area contributed by atoms with Crippen molar-refractivity contribution >= 4 is 40.5 Å². The zero-order valence-corrected chi connectivity index (χ0v) is 8.74. The van der Waals surface area contributed by atoms with Crippen LogP contribution >= 0.6 is 23.2 Å². The van der Waals surface area contributed by atoms with Gasteiger partial charge in [0.2, 0.25) is 5.91 Å². The molecule has 0 aliphatic carbocycles. The molecule has 74 valence electrons. The first-order chi connectivity index (χ1) is 6.66. The molecule has 0 fully saturated rings. The summed E-state index contributed by atoms with van der Waals surface area (Å²) in [6, 6.07) is 3.36. The smallest absolute Gasteiger partial charge is 0.226 e. The second-order valence-corrected chi connectivity index (χ2v) is 3.85. The maximum Gasteiger partial charge on any atom is 0.226 e. The minimum atomic E-state index is -0.0189. The van der Waals surface area contributed by atoms with Crippen LogP contribution in [0.3, 0.4) is 0 Å². The average Bonchev–Trinajstić information content (AvgIpc) is 2.28. The molecule has 0 spiro atoms. The van der Waals surface area contributed by atoms with E-state index in [0.29, 0.717) is 28.7 Å². The van der Waals surface area contributed by atoms with Crippen LogP contribution in [0.15, 0.2) is 12.1 Å². The molecule has 0 bridgehead atoms. The molecule has 1 aliphatic rings. The number of nitrogens with one attached hydrogen (secondary N) is 2. The fraction of sp³-hybridized carbons (Fsp3) is 0.222. The van der Waals surface area contributed by atoms with Crippen LogP contribution in [0.25, 0.3) is 0 Å². The van der Waals surface area contributed by atoms with E-state index in [4.69, 9.17) is 23.2 Å². The van der Waals surface area contributed by atoms with Crippen LogP contribution < -0.4 is 10.6 Å². The molecule has 0 saturated heterocycles. The number of carbonyl (C=O) groups is 1. The SMILES string of the molecule is O=C1CCNc2cc(Cl)c(Cl)cc2N1. The van der Waals surface area contributed by atoms with Gasteiger partial charge in [0.1, 0.15) is 0 Å². The van der Waals surface area contributed by atoms with E-state index >= 15 is 0 Å². The van der Waals surface area contributed by atoms with Gasteiger partial charge in [-0.1, -0.05) is 23.2 Å². The van der Waals surface area contributed by atoms with Gasteiger partial charge >= 0.3 is 0 Å². The van der Waals surface area contributed by atoms with E-state index in [0.717, 1.165) is 5.69 Å². The Morgan fingerprint density at radius 1 is 1.14 bits per heavy atom. The Hall–Kier alpha value is -0.930. The predicted molar refractivity (Wildman–Crippen MR) is 58.2 cm³/mol. The number of hydrogen-bond acceptors (Lipinski definition) is 2. The Bertz CT molecular complexity index is 393. The topological polar surface area (TPSA) is 41.1 Å². The minimum absolute atomic E-state index is 0.0189. The first kappa shape index (κ1) is 9.62. The number of rotatable bonds is 0. The van der Waals surface area contributed by atoms with Gasteiger partial charge in [-0.25, -0.2) is 0 Å². The minimum Gasteiger partial charge on any atom is -0.383 e. The van der Waals surface area contributed by atoms with Crippen molar-refractivity contribution in [3.05, 3.63) is 22.2 Å². The third-order valence-electron chi connectivity index (χ3n) is 2.00. The highest BCUT2D eigenvalue weighted by Gasteiger charge is 2.13. The molecule has 14 heavy (non-hydrogen) atoms. The van der Waals surface area contributed by atoms with E-state index in [-0.39, 0.29) is 5.91 Å². The van der Waals surface area contributed by atoms with Gasteiger partial charge in [0, 0.05) is 13.0 Å². The Kier molecular flexibility index (Phi) is 2.52. The van der Waals surface area contributed by atoms with Gasteiger partial charge in [0.25, 0.3) is 0 Å². The lowest BCUT2D eigenvalue weighted by Crippen LogP contribution is -2.10. The lowest BCUT2D eigenvalue weighted by molar-refractivity contribution is -0.115. The first-order valence-electron chi connectivity index (χ1n) is 4.19. The Morgan fingerprint density at radius 2 is 1.79 bits per heavy atom. The normalized spacial score (nSPS) is 15.1. The molecule has 0 aromatic heterocycles. The van der Waals surface area contributed by atoms with Crippen LogP contribution in [0.4, 0.5) is 11.4 Å². The van der Waals surface area contributed by atoms with Crippen LogP contribution in [-0.2, 0) is 4.79 Å². The highest BCUT2D eigenvalue weighted by Crippen LogP contribution is 2.33. The highest BCUT2D eigenvalue weighted by atomic mass is 35.5.